The highest BCUT2D eigenvalue weighted by Crippen LogP contribution is 2.25. The minimum absolute atomic E-state index is 0.168. The fourth-order valence-electron chi connectivity index (χ4n) is 1.68. The third-order valence-corrected chi connectivity index (χ3v) is 3.61. The summed E-state index contributed by atoms with van der Waals surface area (Å²) in [6.45, 7) is 2.08. The third-order valence-electron chi connectivity index (χ3n) is 2.62. The summed E-state index contributed by atoms with van der Waals surface area (Å²) >= 11 is 1.68. The average molecular weight is 262 g/mol. The molecule has 94 valence electrons. The van der Waals surface area contributed by atoms with Crippen LogP contribution in [0.2, 0.25) is 0 Å². The van der Waals surface area contributed by atoms with Gasteiger partial charge >= 0.3 is 5.97 Å². The van der Waals surface area contributed by atoms with E-state index in [1.165, 1.54) is 17.1 Å². The van der Waals surface area contributed by atoms with Gasteiger partial charge in [0.2, 0.25) is 0 Å². The Balaban J connectivity index is 2.17. The van der Waals surface area contributed by atoms with Crippen LogP contribution in [0.5, 0.6) is 0 Å². The first-order chi connectivity index (χ1) is 8.70. The second-order valence-electron chi connectivity index (χ2n) is 3.86. The van der Waals surface area contributed by atoms with Gasteiger partial charge in [0.05, 0.1) is 11.6 Å². The molecule has 0 saturated heterocycles. The number of rotatable bonds is 5. The van der Waals surface area contributed by atoms with Crippen molar-refractivity contribution in [1.82, 2.24) is 4.98 Å². The van der Waals surface area contributed by atoms with Crippen LogP contribution in [0.1, 0.15) is 34.6 Å². The maximum Gasteiger partial charge on any atom is 0.335 e. The van der Waals surface area contributed by atoms with Crippen molar-refractivity contribution in [3.05, 3.63) is 46.3 Å². The Bertz CT molecular complexity index is 526. The van der Waals surface area contributed by atoms with E-state index < -0.39 is 5.97 Å². The highest BCUT2D eigenvalue weighted by atomic mass is 32.1. The van der Waals surface area contributed by atoms with E-state index in [0.717, 1.165) is 6.42 Å². The lowest BCUT2D eigenvalue weighted by molar-refractivity contribution is 0.0697. The molecule has 2 heterocycles. The molecule has 0 fully saturated rings. The number of anilines is 1. The van der Waals surface area contributed by atoms with Crippen LogP contribution < -0.4 is 5.32 Å². The summed E-state index contributed by atoms with van der Waals surface area (Å²) in [6, 6.07) is 7.28. The molecule has 4 nitrogen and oxygen atoms in total. The van der Waals surface area contributed by atoms with Crippen LogP contribution in [0.3, 0.4) is 0 Å². The van der Waals surface area contributed by atoms with Crippen molar-refractivity contribution in [2.24, 2.45) is 0 Å². The molecule has 0 bridgehead atoms. The molecular formula is C13H14N2O2S. The minimum atomic E-state index is -0.940. The van der Waals surface area contributed by atoms with Crippen LogP contribution >= 0.6 is 11.3 Å². The van der Waals surface area contributed by atoms with Crippen LogP contribution in [0, 0.1) is 0 Å². The Labute approximate surface area is 109 Å². The molecule has 0 aliphatic rings. The second-order valence-corrected chi connectivity index (χ2v) is 4.83. The molecule has 0 aliphatic heterocycles. The van der Waals surface area contributed by atoms with Crippen LogP contribution in [0.4, 0.5) is 5.82 Å². The van der Waals surface area contributed by atoms with E-state index in [2.05, 4.69) is 23.3 Å². The van der Waals surface area contributed by atoms with E-state index in [1.54, 1.807) is 17.4 Å². The molecule has 0 spiro atoms. The van der Waals surface area contributed by atoms with Crippen LogP contribution in [0.15, 0.2) is 35.8 Å². The number of nitrogens with one attached hydrogen (secondary N) is 1. The molecule has 1 atom stereocenters. The first-order valence-corrected chi connectivity index (χ1v) is 6.58. The Morgan fingerprint density at radius 3 is 3.00 bits per heavy atom. The topological polar surface area (TPSA) is 62.2 Å². The van der Waals surface area contributed by atoms with Gasteiger partial charge in [-0.3, -0.25) is 0 Å². The van der Waals surface area contributed by atoms with Gasteiger partial charge in [0, 0.05) is 11.1 Å². The van der Waals surface area contributed by atoms with Crippen molar-refractivity contribution < 1.29 is 9.90 Å². The Morgan fingerprint density at radius 2 is 2.39 bits per heavy atom. The van der Waals surface area contributed by atoms with E-state index in [-0.39, 0.29) is 11.6 Å². The van der Waals surface area contributed by atoms with Gasteiger partial charge in [-0.25, -0.2) is 9.78 Å². The van der Waals surface area contributed by atoms with Crippen LogP contribution in [-0.2, 0) is 0 Å². The average Bonchev–Trinajstić information content (AvgIpc) is 2.90. The molecule has 2 rings (SSSR count). The molecular weight excluding hydrogens is 248 g/mol. The van der Waals surface area contributed by atoms with Gasteiger partial charge in [0.15, 0.2) is 0 Å². The van der Waals surface area contributed by atoms with Crippen LogP contribution in [0.25, 0.3) is 0 Å². The zero-order chi connectivity index (χ0) is 13.0. The summed E-state index contributed by atoms with van der Waals surface area (Å²) in [5, 5.41) is 14.2. The monoisotopic (exact) mass is 262 g/mol. The lowest BCUT2D eigenvalue weighted by Crippen LogP contribution is -2.10. The first-order valence-electron chi connectivity index (χ1n) is 5.70. The Kier molecular flexibility index (Phi) is 3.94. The van der Waals surface area contributed by atoms with Crippen molar-refractivity contribution in [2.45, 2.75) is 19.4 Å². The summed E-state index contributed by atoms with van der Waals surface area (Å²) < 4.78 is 0. The van der Waals surface area contributed by atoms with Crippen molar-refractivity contribution in [3.8, 4) is 0 Å². The van der Waals surface area contributed by atoms with E-state index in [0.29, 0.717) is 5.82 Å². The SMILES string of the molecule is CCC(Nc1cc(C(=O)O)ccn1)c1cccs1. The fourth-order valence-corrected chi connectivity index (χ4v) is 2.55. The quantitative estimate of drug-likeness (QED) is 0.866. The normalized spacial score (nSPS) is 12.1. The number of carboxylic acids is 1. The number of aromatic nitrogens is 1. The summed E-state index contributed by atoms with van der Waals surface area (Å²) in [7, 11) is 0. The minimum Gasteiger partial charge on any atom is -0.478 e. The molecule has 0 radical (unpaired) electrons. The second kappa shape index (κ2) is 5.64. The smallest absolute Gasteiger partial charge is 0.335 e. The van der Waals surface area contributed by atoms with Gasteiger partial charge < -0.3 is 10.4 Å². The number of hydrogen-bond donors (Lipinski definition) is 2. The zero-order valence-electron chi connectivity index (χ0n) is 9.96. The van der Waals surface area contributed by atoms with Crippen LogP contribution in [-0.4, -0.2) is 16.1 Å². The molecule has 1 unspecified atom stereocenters. The highest BCUT2D eigenvalue weighted by molar-refractivity contribution is 7.10. The standard InChI is InChI=1S/C13H14N2O2S/c1-2-10(11-4-3-7-18-11)15-12-8-9(13(16)17)5-6-14-12/h3-8,10H,2H2,1H3,(H,14,15)(H,16,17). The zero-order valence-corrected chi connectivity index (χ0v) is 10.8. The highest BCUT2D eigenvalue weighted by Gasteiger charge is 2.11. The summed E-state index contributed by atoms with van der Waals surface area (Å²) in [6.07, 6.45) is 2.42. The van der Waals surface area contributed by atoms with Gasteiger partial charge in [-0.2, -0.15) is 0 Å². The molecule has 2 N–H and O–H groups in total. The van der Waals surface area contributed by atoms with E-state index in [9.17, 15) is 4.79 Å². The van der Waals surface area contributed by atoms with Gasteiger partial charge in [0.25, 0.3) is 0 Å². The fraction of sp³-hybridized carbons (Fsp3) is 0.231. The number of carbonyl (C=O) groups is 1. The van der Waals surface area contributed by atoms with E-state index >= 15 is 0 Å². The van der Waals surface area contributed by atoms with Crippen molar-refractivity contribution in [2.75, 3.05) is 5.32 Å². The largest absolute Gasteiger partial charge is 0.478 e. The Hall–Kier alpha value is -1.88. The van der Waals surface area contributed by atoms with Crippen molar-refractivity contribution >= 4 is 23.1 Å². The lowest BCUT2D eigenvalue weighted by Gasteiger charge is -2.16. The number of pyridine rings is 1. The molecule has 0 saturated carbocycles. The predicted octanol–water partition coefficient (Wildman–Crippen LogP) is 3.40. The van der Waals surface area contributed by atoms with Gasteiger partial charge in [0.1, 0.15) is 5.82 Å². The third kappa shape index (κ3) is 2.87. The number of nitrogens with zero attached hydrogens (tertiary/aromatic N) is 1. The molecule has 18 heavy (non-hydrogen) atoms. The van der Waals surface area contributed by atoms with Crippen molar-refractivity contribution in [1.29, 1.82) is 0 Å². The Morgan fingerprint density at radius 1 is 1.56 bits per heavy atom. The van der Waals surface area contributed by atoms with Gasteiger partial charge in [-0.15, -0.1) is 11.3 Å². The number of aromatic carboxylic acids is 1. The van der Waals surface area contributed by atoms with Crippen molar-refractivity contribution in [3.63, 3.8) is 0 Å². The molecule has 2 aromatic rings. The van der Waals surface area contributed by atoms with Gasteiger partial charge in [-0.1, -0.05) is 13.0 Å². The number of carboxylic acid groups (broad SMARTS) is 1. The number of thiophene rings is 1. The molecule has 0 amide bonds. The van der Waals surface area contributed by atoms with E-state index in [1.807, 2.05) is 11.4 Å². The maximum absolute atomic E-state index is 10.9. The predicted molar refractivity (Wildman–Crippen MR) is 72.2 cm³/mol. The molecule has 0 aromatic carbocycles. The van der Waals surface area contributed by atoms with E-state index in [4.69, 9.17) is 5.11 Å². The summed E-state index contributed by atoms with van der Waals surface area (Å²) in [5.41, 5.74) is 0.244. The molecule has 0 aliphatic carbocycles. The summed E-state index contributed by atoms with van der Waals surface area (Å²) in [4.78, 5) is 16.3. The number of hydrogen-bond acceptors (Lipinski definition) is 4. The summed E-state index contributed by atoms with van der Waals surface area (Å²) in [5.74, 6) is -0.347. The molecule has 2 aromatic heterocycles. The lowest BCUT2D eigenvalue weighted by atomic mass is 10.2. The van der Waals surface area contributed by atoms with Gasteiger partial charge in [-0.05, 0) is 30.0 Å². The molecule has 5 heteroatoms. The first kappa shape index (κ1) is 12.6. The maximum atomic E-state index is 10.9.